The zero-order valence-corrected chi connectivity index (χ0v) is 14.2. The molecule has 0 bridgehead atoms. The minimum Gasteiger partial charge on any atom is -0.460 e. The van der Waals surface area contributed by atoms with Gasteiger partial charge in [0.15, 0.2) is 17.3 Å². The van der Waals surface area contributed by atoms with Crippen LogP contribution in [-0.4, -0.2) is 29.1 Å². The van der Waals surface area contributed by atoms with Gasteiger partial charge in [0, 0.05) is 33.2 Å². The van der Waals surface area contributed by atoms with E-state index in [2.05, 4.69) is 6.92 Å². The number of Topliss-reactive ketones (excluding diaryl/α,β-unsaturated/α-hetero) is 1. The van der Waals surface area contributed by atoms with E-state index in [1.54, 1.807) is 12.3 Å². The zero-order valence-electron chi connectivity index (χ0n) is 14.2. The molecule has 1 atom stereocenters. The van der Waals surface area contributed by atoms with E-state index >= 15 is 0 Å². The summed E-state index contributed by atoms with van der Waals surface area (Å²) in [5.41, 5.74) is 3.33. The minimum atomic E-state index is -0.502. The number of aliphatic hydroxyl groups excluding tert-OH is 1. The number of aliphatic hydroxyl groups is 1. The van der Waals surface area contributed by atoms with E-state index in [-0.39, 0.29) is 22.7 Å². The van der Waals surface area contributed by atoms with Gasteiger partial charge < -0.3 is 9.52 Å². The molecule has 0 spiro atoms. The van der Waals surface area contributed by atoms with Crippen LogP contribution in [0.5, 0.6) is 0 Å². The highest BCUT2D eigenvalue weighted by atomic mass is 16.3. The van der Waals surface area contributed by atoms with Crippen molar-refractivity contribution in [3.63, 3.8) is 0 Å². The molecule has 0 radical (unpaired) electrons. The van der Waals surface area contributed by atoms with Gasteiger partial charge in [-0.15, -0.1) is 0 Å². The summed E-state index contributed by atoms with van der Waals surface area (Å²) in [6, 6.07) is 3.22. The summed E-state index contributed by atoms with van der Waals surface area (Å²) in [4.78, 5) is 38.1. The van der Waals surface area contributed by atoms with Gasteiger partial charge in [-0.3, -0.25) is 14.4 Å². The second-order valence-corrected chi connectivity index (χ2v) is 7.44. The van der Waals surface area contributed by atoms with Crippen molar-refractivity contribution < 1.29 is 23.9 Å². The third kappa shape index (κ3) is 1.71. The molecule has 130 valence electrons. The van der Waals surface area contributed by atoms with Crippen LogP contribution in [0.2, 0.25) is 0 Å². The van der Waals surface area contributed by atoms with Crippen LogP contribution >= 0.6 is 0 Å². The molecule has 1 aromatic heterocycles. The molecule has 0 fully saturated rings. The molecule has 0 saturated carbocycles. The topological polar surface area (TPSA) is 84.6 Å². The number of carbonyl (C=O) groups is 3. The molecule has 1 aromatic carbocycles. The maximum Gasteiger partial charge on any atom is 0.228 e. The van der Waals surface area contributed by atoms with Gasteiger partial charge in [-0.25, -0.2) is 0 Å². The summed E-state index contributed by atoms with van der Waals surface area (Å²) in [6.07, 6.45) is 5.55. The largest absolute Gasteiger partial charge is 0.460 e. The molecule has 26 heavy (non-hydrogen) atoms. The standard InChI is InChI=1S/C21H16O5/c1-21-4-2-3-10-9-26-20(17(10)21)19(25)14-6-13-12(7-15(14)21)16(23)5-11(8-22)18(13)24/h5-7,9,22H,2-4,8H2,1H3. The summed E-state index contributed by atoms with van der Waals surface area (Å²) in [5, 5.41) is 9.33. The first-order valence-corrected chi connectivity index (χ1v) is 8.70. The lowest BCUT2D eigenvalue weighted by Gasteiger charge is -2.39. The number of benzene rings is 1. The molecule has 1 N–H and O–H groups in total. The molecule has 0 saturated heterocycles. The fraction of sp³-hybridized carbons (Fsp3) is 0.286. The van der Waals surface area contributed by atoms with Gasteiger partial charge in [0.2, 0.25) is 5.78 Å². The molecule has 3 aliphatic carbocycles. The first-order valence-electron chi connectivity index (χ1n) is 8.70. The molecule has 5 rings (SSSR count). The summed E-state index contributed by atoms with van der Waals surface area (Å²) < 4.78 is 5.60. The molecule has 5 heteroatoms. The lowest BCUT2D eigenvalue weighted by atomic mass is 9.62. The molecule has 0 amide bonds. The zero-order chi connectivity index (χ0) is 18.2. The van der Waals surface area contributed by atoms with Crippen molar-refractivity contribution in [1.82, 2.24) is 0 Å². The van der Waals surface area contributed by atoms with E-state index in [4.69, 9.17) is 4.42 Å². The van der Waals surface area contributed by atoms with Gasteiger partial charge in [-0.2, -0.15) is 0 Å². The van der Waals surface area contributed by atoms with Crippen LogP contribution in [0.3, 0.4) is 0 Å². The van der Waals surface area contributed by atoms with Crippen molar-refractivity contribution >= 4 is 17.3 Å². The normalized spacial score (nSPS) is 23.3. The average molecular weight is 348 g/mol. The Morgan fingerprint density at radius 3 is 2.69 bits per heavy atom. The SMILES string of the molecule is CC12CCCc3coc(c31)C(=O)c1cc3c(cc12)C(=O)C=C(CO)C3=O. The Hall–Kier alpha value is -2.79. The molecular weight excluding hydrogens is 332 g/mol. The number of fused-ring (bicyclic) bond motifs is 3. The Kier molecular flexibility index (Phi) is 2.91. The van der Waals surface area contributed by atoms with Gasteiger partial charge >= 0.3 is 0 Å². The number of ketones is 3. The van der Waals surface area contributed by atoms with Crippen molar-refractivity contribution in [1.29, 1.82) is 0 Å². The molecule has 1 heterocycles. The third-order valence-electron chi connectivity index (χ3n) is 6.02. The molecule has 2 aromatic rings. The Balaban J connectivity index is 1.81. The van der Waals surface area contributed by atoms with E-state index in [9.17, 15) is 19.5 Å². The lowest BCUT2D eigenvalue weighted by molar-refractivity contribution is 0.0970. The number of allylic oxidation sites excluding steroid dienone is 1. The Labute approximate surface area is 149 Å². The number of rotatable bonds is 1. The summed E-state index contributed by atoms with van der Waals surface area (Å²) in [7, 11) is 0. The van der Waals surface area contributed by atoms with E-state index in [0.717, 1.165) is 36.0 Å². The lowest BCUT2D eigenvalue weighted by Crippen LogP contribution is -2.36. The minimum absolute atomic E-state index is 0.0514. The van der Waals surface area contributed by atoms with Crippen molar-refractivity contribution in [3.05, 3.63) is 69.2 Å². The highest BCUT2D eigenvalue weighted by Gasteiger charge is 2.46. The van der Waals surface area contributed by atoms with Crippen LogP contribution in [0.15, 0.2) is 34.5 Å². The van der Waals surface area contributed by atoms with E-state index < -0.39 is 17.8 Å². The second-order valence-electron chi connectivity index (χ2n) is 7.44. The summed E-state index contributed by atoms with van der Waals surface area (Å²) in [6.45, 7) is 1.57. The van der Waals surface area contributed by atoms with Crippen LogP contribution in [0.25, 0.3) is 0 Å². The average Bonchev–Trinajstić information content (AvgIpc) is 3.08. The van der Waals surface area contributed by atoms with Crippen LogP contribution in [0.4, 0.5) is 0 Å². The molecular formula is C21H16O5. The monoisotopic (exact) mass is 348 g/mol. The van der Waals surface area contributed by atoms with Gasteiger partial charge in [0.05, 0.1) is 12.9 Å². The second kappa shape index (κ2) is 4.89. The number of hydrogen-bond donors (Lipinski definition) is 1. The predicted octanol–water partition coefficient (Wildman–Crippen LogP) is 2.76. The van der Waals surface area contributed by atoms with E-state index in [0.29, 0.717) is 16.9 Å². The molecule has 1 unspecified atom stereocenters. The Morgan fingerprint density at radius 1 is 1.12 bits per heavy atom. The van der Waals surface area contributed by atoms with Crippen LogP contribution in [0, 0.1) is 0 Å². The van der Waals surface area contributed by atoms with E-state index in [1.807, 2.05) is 0 Å². The summed E-state index contributed by atoms with van der Waals surface area (Å²) >= 11 is 0. The van der Waals surface area contributed by atoms with Crippen LogP contribution < -0.4 is 0 Å². The van der Waals surface area contributed by atoms with Crippen molar-refractivity contribution in [2.75, 3.05) is 6.61 Å². The van der Waals surface area contributed by atoms with Gasteiger partial charge in [-0.1, -0.05) is 6.92 Å². The maximum absolute atomic E-state index is 13.0. The number of hydrogen-bond acceptors (Lipinski definition) is 5. The maximum atomic E-state index is 13.0. The van der Waals surface area contributed by atoms with E-state index in [1.165, 1.54) is 12.1 Å². The van der Waals surface area contributed by atoms with Crippen LogP contribution in [0.1, 0.15) is 73.3 Å². The third-order valence-corrected chi connectivity index (χ3v) is 6.02. The fourth-order valence-corrected chi connectivity index (χ4v) is 4.73. The smallest absolute Gasteiger partial charge is 0.228 e. The number of carbonyl (C=O) groups excluding carboxylic acids is 3. The first-order chi connectivity index (χ1) is 12.5. The van der Waals surface area contributed by atoms with Crippen molar-refractivity contribution in [2.45, 2.75) is 31.6 Å². The van der Waals surface area contributed by atoms with Gasteiger partial charge in [0.25, 0.3) is 0 Å². The van der Waals surface area contributed by atoms with Crippen molar-refractivity contribution in [3.8, 4) is 0 Å². The van der Waals surface area contributed by atoms with Gasteiger partial charge in [0.1, 0.15) is 0 Å². The van der Waals surface area contributed by atoms with Crippen molar-refractivity contribution in [2.24, 2.45) is 0 Å². The highest BCUT2D eigenvalue weighted by Crippen LogP contribution is 2.50. The number of furan rings is 1. The Morgan fingerprint density at radius 2 is 1.92 bits per heavy atom. The van der Waals surface area contributed by atoms with Gasteiger partial charge in [-0.05, 0) is 48.6 Å². The van der Waals surface area contributed by atoms with Crippen LogP contribution in [-0.2, 0) is 11.8 Å². The summed E-state index contributed by atoms with van der Waals surface area (Å²) in [5.74, 6) is -0.611. The Bertz CT molecular complexity index is 1070. The number of aryl methyl sites for hydroxylation is 1. The first kappa shape index (κ1) is 15.5. The predicted molar refractivity (Wildman–Crippen MR) is 91.8 cm³/mol. The molecule has 5 nitrogen and oxygen atoms in total. The molecule has 3 aliphatic rings. The fourth-order valence-electron chi connectivity index (χ4n) is 4.73. The highest BCUT2D eigenvalue weighted by molar-refractivity contribution is 6.26. The molecule has 0 aliphatic heterocycles. The quantitative estimate of drug-likeness (QED) is 0.857.